The molecule has 1 saturated heterocycles. The van der Waals surface area contributed by atoms with Crippen LogP contribution in [0.15, 0.2) is 17.2 Å². The van der Waals surface area contributed by atoms with E-state index in [1.807, 2.05) is 0 Å². The third-order valence-electron chi connectivity index (χ3n) is 7.23. The number of likely N-dealkylation sites (tertiary alicyclic amines) is 1. The number of fused-ring (bicyclic) bond motifs is 3. The Labute approximate surface area is 220 Å². The van der Waals surface area contributed by atoms with Gasteiger partial charge in [0.15, 0.2) is 5.84 Å². The molecule has 3 aliphatic heterocycles. The molecule has 14 heteroatoms. The van der Waals surface area contributed by atoms with Crippen molar-refractivity contribution in [1.82, 2.24) is 9.91 Å². The van der Waals surface area contributed by atoms with Crippen molar-refractivity contribution in [1.29, 1.82) is 0 Å². The van der Waals surface area contributed by atoms with Crippen LogP contribution < -0.4 is 14.5 Å². The number of carbonyl (C=O) groups is 2. The summed E-state index contributed by atoms with van der Waals surface area (Å²) in [5.41, 5.74) is -1.58. The number of halogens is 3. The van der Waals surface area contributed by atoms with Gasteiger partial charge in [0.05, 0.1) is 22.5 Å². The second-order valence-electron chi connectivity index (χ2n) is 11.5. The first-order valence-electron chi connectivity index (χ1n) is 12.4. The summed E-state index contributed by atoms with van der Waals surface area (Å²) in [5.74, 6) is 0.0463. The third-order valence-corrected chi connectivity index (χ3v) is 8.93. The van der Waals surface area contributed by atoms with Gasteiger partial charge in [-0.1, -0.05) is 19.6 Å². The number of ether oxygens (including phenoxy) is 2. The van der Waals surface area contributed by atoms with Gasteiger partial charge < -0.3 is 29.3 Å². The van der Waals surface area contributed by atoms with E-state index in [1.54, 1.807) is 18.7 Å². The highest BCUT2D eigenvalue weighted by Crippen LogP contribution is 2.47. The van der Waals surface area contributed by atoms with Crippen molar-refractivity contribution in [2.75, 3.05) is 49.9 Å². The molecule has 3 aliphatic rings. The molecule has 2 amide bonds. The molecule has 4 rings (SSSR count). The summed E-state index contributed by atoms with van der Waals surface area (Å²) in [6.07, 6.45) is -5.81. The average Bonchev–Trinajstić information content (AvgIpc) is 2.79. The van der Waals surface area contributed by atoms with Gasteiger partial charge in [-0.2, -0.15) is 18.3 Å². The van der Waals surface area contributed by atoms with Crippen LogP contribution in [-0.4, -0.2) is 92.6 Å². The normalized spacial score (nSPS) is 20.8. The fraction of sp³-hybridized carbons (Fsp3) is 0.625. The SMILES string of the molecule is CC1C(=O)N(COCC[Si](C)(C)C)N=C2COc3cc(C(F)(F)F)c(N(C)C4(C)CN(C(=O)O)C4)cc3N21. The maximum Gasteiger partial charge on any atom is 0.418 e. The molecule has 1 aromatic rings. The molecule has 0 aliphatic carbocycles. The Kier molecular flexibility index (Phi) is 7.10. The molecular formula is C24H34F3N5O5Si. The van der Waals surface area contributed by atoms with Crippen LogP contribution in [0.5, 0.6) is 5.75 Å². The number of nitrogens with zero attached hydrogens (tertiary/aromatic N) is 5. The van der Waals surface area contributed by atoms with Crippen LogP contribution >= 0.6 is 0 Å². The molecule has 3 heterocycles. The van der Waals surface area contributed by atoms with E-state index in [9.17, 15) is 27.9 Å². The van der Waals surface area contributed by atoms with E-state index in [1.165, 1.54) is 23.0 Å². The summed E-state index contributed by atoms with van der Waals surface area (Å²) in [6.45, 7) is 10.6. The lowest BCUT2D eigenvalue weighted by molar-refractivity contribution is -0.139. The maximum absolute atomic E-state index is 14.1. The topological polar surface area (TPSA) is 98.2 Å². The Morgan fingerprint density at radius 3 is 2.55 bits per heavy atom. The lowest BCUT2D eigenvalue weighted by Crippen LogP contribution is -2.69. The van der Waals surface area contributed by atoms with Gasteiger partial charge in [0, 0.05) is 34.8 Å². The minimum Gasteiger partial charge on any atom is -0.483 e. The zero-order valence-electron chi connectivity index (χ0n) is 22.4. The highest BCUT2D eigenvalue weighted by atomic mass is 28.3. The number of hydrazone groups is 1. The van der Waals surface area contributed by atoms with Gasteiger partial charge in [-0.3, -0.25) is 4.79 Å². The number of anilines is 2. The van der Waals surface area contributed by atoms with Crippen LogP contribution in [0.1, 0.15) is 19.4 Å². The fourth-order valence-electron chi connectivity index (χ4n) is 4.78. The van der Waals surface area contributed by atoms with E-state index in [-0.39, 0.29) is 43.8 Å². The standard InChI is InChI=1S/C24H34F3N5O5Si/c1-15-21(33)31(14-36-7-8-38(4,5)6)28-20-11-37-19-9-16(24(25,26)27)17(10-18(19)32(15)20)29(3)23(2)12-30(13-23)22(34)35/h9-10,15H,7-8,11-14H2,1-6H3,(H,34,35). The van der Waals surface area contributed by atoms with E-state index in [2.05, 4.69) is 24.7 Å². The zero-order valence-corrected chi connectivity index (χ0v) is 23.4. The van der Waals surface area contributed by atoms with Crippen molar-refractivity contribution < 1.29 is 37.3 Å². The third kappa shape index (κ3) is 5.28. The predicted octanol–water partition coefficient (Wildman–Crippen LogP) is 3.95. The number of carbonyl (C=O) groups excluding carboxylic acids is 1. The largest absolute Gasteiger partial charge is 0.483 e. The number of amides is 2. The molecule has 0 saturated carbocycles. The monoisotopic (exact) mass is 557 g/mol. The molecule has 210 valence electrons. The Bertz CT molecular complexity index is 1150. The van der Waals surface area contributed by atoms with Crippen molar-refractivity contribution in [3.63, 3.8) is 0 Å². The lowest BCUT2D eigenvalue weighted by Gasteiger charge is -2.53. The van der Waals surface area contributed by atoms with Crippen LogP contribution in [0, 0.1) is 0 Å². The van der Waals surface area contributed by atoms with Crippen LogP contribution in [0.3, 0.4) is 0 Å². The molecule has 1 atom stereocenters. The van der Waals surface area contributed by atoms with Crippen LogP contribution in [-0.2, 0) is 15.7 Å². The van der Waals surface area contributed by atoms with Crippen LogP contribution in [0.2, 0.25) is 25.7 Å². The number of hydrogen-bond acceptors (Lipinski definition) is 7. The number of carboxylic acid groups (broad SMARTS) is 1. The molecule has 0 radical (unpaired) electrons. The second-order valence-corrected chi connectivity index (χ2v) is 17.1. The van der Waals surface area contributed by atoms with Crippen molar-refractivity contribution in [3.8, 4) is 5.75 Å². The maximum atomic E-state index is 14.1. The van der Waals surface area contributed by atoms with E-state index < -0.39 is 37.5 Å². The first-order chi connectivity index (χ1) is 17.5. The van der Waals surface area contributed by atoms with Crippen LogP contribution in [0.4, 0.5) is 29.3 Å². The summed E-state index contributed by atoms with van der Waals surface area (Å²) in [5, 5.41) is 14.9. The number of rotatable bonds is 7. The molecule has 1 fully saturated rings. The highest BCUT2D eigenvalue weighted by Gasteiger charge is 2.48. The smallest absolute Gasteiger partial charge is 0.418 e. The summed E-state index contributed by atoms with van der Waals surface area (Å²) >= 11 is 0. The minimum absolute atomic E-state index is 0.00108. The lowest BCUT2D eigenvalue weighted by atomic mass is 9.89. The Hall–Kier alpha value is -3.00. The van der Waals surface area contributed by atoms with Crippen LogP contribution in [0.25, 0.3) is 0 Å². The fourth-order valence-corrected chi connectivity index (χ4v) is 5.53. The van der Waals surface area contributed by atoms with Crippen molar-refractivity contribution in [2.24, 2.45) is 5.10 Å². The van der Waals surface area contributed by atoms with E-state index in [0.717, 1.165) is 17.0 Å². The van der Waals surface area contributed by atoms with Crippen molar-refractivity contribution >= 4 is 37.3 Å². The van der Waals surface area contributed by atoms with E-state index in [0.29, 0.717) is 18.1 Å². The number of hydrogen-bond donors (Lipinski definition) is 1. The van der Waals surface area contributed by atoms with Gasteiger partial charge in [0.2, 0.25) is 0 Å². The zero-order chi connectivity index (χ0) is 28.2. The summed E-state index contributed by atoms with van der Waals surface area (Å²) in [7, 11) is 0.208. The Balaban J connectivity index is 1.65. The van der Waals surface area contributed by atoms with Gasteiger partial charge in [0.25, 0.3) is 5.91 Å². The minimum atomic E-state index is -4.68. The molecule has 0 spiro atoms. The van der Waals surface area contributed by atoms with E-state index >= 15 is 0 Å². The van der Waals surface area contributed by atoms with Gasteiger partial charge in [0.1, 0.15) is 25.1 Å². The number of likely N-dealkylation sites (N-methyl/N-ethyl adjacent to an activating group) is 1. The quantitative estimate of drug-likeness (QED) is 0.401. The molecule has 38 heavy (non-hydrogen) atoms. The molecule has 0 aromatic heterocycles. The van der Waals surface area contributed by atoms with Crippen molar-refractivity contribution in [3.05, 3.63) is 17.7 Å². The predicted molar refractivity (Wildman–Crippen MR) is 139 cm³/mol. The van der Waals surface area contributed by atoms with Gasteiger partial charge >= 0.3 is 12.3 Å². The summed E-state index contributed by atoms with van der Waals surface area (Å²) in [4.78, 5) is 28.6. The molecule has 0 bridgehead atoms. The number of benzene rings is 1. The summed E-state index contributed by atoms with van der Waals surface area (Å²) in [6, 6.07) is 2.48. The molecule has 1 N–H and O–H groups in total. The molecule has 10 nitrogen and oxygen atoms in total. The molecule has 1 aromatic carbocycles. The van der Waals surface area contributed by atoms with Gasteiger partial charge in [-0.05, 0) is 32.0 Å². The summed E-state index contributed by atoms with van der Waals surface area (Å²) < 4.78 is 53.8. The van der Waals surface area contributed by atoms with Crippen molar-refractivity contribution in [2.45, 2.75) is 57.3 Å². The molecule has 1 unspecified atom stereocenters. The van der Waals surface area contributed by atoms with Gasteiger partial charge in [-0.25, -0.2) is 9.80 Å². The number of amidine groups is 1. The average molecular weight is 558 g/mol. The second kappa shape index (κ2) is 9.63. The Morgan fingerprint density at radius 2 is 1.97 bits per heavy atom. The first-order valence-corrected chi connectivity index (χ1v) is 16.1. The highest BCUT2D eigenvalue weighted by molar-refractivity contribution is 6.76. The molecular weight excluding hydrogens is 523 g/mol. The van der Waals surface area contributed by atoms with E-state index in [4.69, 9.17) is 9.47 Å². The Morgan fingerprint density at radius 1 is 1.32 bits per heavy atom. The van der Waals surface area contributed by atoms with Gasteiger partial charge in [-0.15, -0.1) is 0 Å². The number of alkyl halides is 3. The first kappa shape index (κ1) is 28.0.